The van der Waals surface area contributed by atoms with Crippen molar-refractivity contribution in [3.05, 3.63) is 0 Å². The summed E-state index contributed by atoms with van der Waals surface area (Å²) in [5.41, 5.74) is 0. The van der Waals surface area contributed by atoms with Crippen LogP contribution in [0, 0.1) is 11.3 Å². The van der Waals surface area contributed by atoms with Crippen LogP contribution in [0.3, 0.4) is 0 Å². The van der Waals surface area contributed by atoms with Crippen LogP contribution in [-0.4, -0.2) is 48.3 Å². The number of rotatable bonds is 9. The van der Waals surface area contributed by atoms with E-state index in [1.807, 2.05) is 0 Å². The molecule has 1 aliphatic carbocycles. The molecule has 1 saturated carbocycles. The van der Waals surface area contributed by atoms with Crippen molar-refractivity contribution in [3.8, 4) is 6.07 Å². The van der Waals surface area contributed by atoms with Crippen LogP contribution in [0.4, 0.5) is 0 Å². The van der Waals surface area contributed by atoms with Crippen LogP contribution in [0.15, 0.2) is 0 Å². The number of aliphatic hydroxyl groups excluding tert-OH is 1. The minimum atomic E-state index is -0.314. The van der Waals surface area contributed by atoms with Gasteiger partial charge in [0, 0.05) is 32.1 Å². The monoisotopic (exact) mass is 225 g/mol. The molecule has 4 heteroatoms. The van der Waals surface area contributed by atoms with Gasteiger partial charge in [0.05, 0.1) is 12.2 Å². The van der Waals surface area contributed by atoms with Crippen molar-refractivity contribution in [1.29, 1.82) is 5.26 Å². The molecule has 1 aliphatic rings. The van der Waals surface area contributed by atoms with Gasteiger partial charge in [-0.3, -0.25) is 4.90 Å². The van der Waals surface area contributed by atoms with E-state index in [2.05, 4.69) is 23.2 Å². The van der Waals surface area contributed by atoms with E-state index < -0.39 is 0 Å². The van der Waals surface area contributed by atoms with E-state index in [4.69, 9.17) is 5.26 Å². The van der Waals surface area contributed by atoms with Crippen LogP contribution < -0.4 is 5.32 Å². The van der Waals surface area contributed by atoms with Crippen molar-refractivity contribution in [2.45, 2.75) is 44.8 Å². The van der Waals surface area contributed by atoms with Crippen molar-refractivity contribution >= 4 is 0 Å². The van der Waals surface area contributed by atoms with Crippen molar-refractivity contribution in [1.82, 2.24) is 10.2 Å². The third kappa shape index (κ3) is 5.45. The lowest BCUT2D eigenvalue weighted by molar-refractivity contribution is 0.108. The topological polar surface area (TPSA) is 59.3 Å². The maximum absolute atomic E-state index is 9.84. The van der Waals surface area contributed by atoms with Gasteiger partial charge < -0.3 is 10.4 Å². The van der Waals surface area contributed by atoms with Gasteiger partial charge in [0.1, 0.15) is 0 Å². The SMILES string of the molecule is CCCNCC(O)CN(CCC#N)C1CC1. The molecule has 0 aromatic carbocycles. The van der Waals surface area contributed by atoms with Gasteiger partial charge in [-0.05, 0) is 25.8 Å². The van der Waals surface area contributed by atoms with Gasteiger partial charge in [0.25, 0.3) is 0 Å². The molecule has 1 fully saturated rings. The molecule has 0 saturated heterocycles. The quantitative estimate of drug-likeness (QED) is 0.568. The molecule has 0 bridgehead atoms. The summed E-state index contributed by atoms with van der Waals surface area (Å²) in [5, 5.41) is 21.6. The molecule has 1 unspecified atom stereocenters. The maximum Gasteiger partial charge on any atom is 0.0791 e. The first-order chi connectivity index (χ1) is 7.77. The van der Waals surface area contributed by atoms with E-state index in [1.165, 1.54) is 12.8 Å². The highest BCUT2D eigenvalue weighted by molar-refractivity contribution is 4.87. The van der Waals surface area contributed by atoms with Gasteiger partial charge in [-0.25, -0.2) is 0 Å². The number of aliphatic hydroxyl groups is 1. The molecule has 0 aromatic rings. The third-order valence-electron chi connectivity index (χ3n) is 2.83. The Balaban J connectivity index is 2.17. The number of nitrogens with zero attached hydrogens (tertiary/aromatic N) is 2. The molecule has 0 radical (unpaired) electrons. The Morgan fingerprint density at radius 1 is 1.56 bits per heavy atom. The van der Waals surface area contributed by atoms with Crippen LogP contribution >= 0.6 is 0 Å². The second kappa shape index (κ2) is 7.61. The predicted octanol–water partition coefficient (Wildman–Crippen LogP) is 0.725. The van der Waals surface area contributed by atoms with Crippen LogP contribution in [0.5, 0.6) is 0 Å². The van der Waals surface area contributed by atoms with E-state index in [0.29, 0.717) is 25.6 Å². The summed E-state index contributed by atoms with van der Waals surface area (Å²) in [4.78, 5) is 2.25. The summed E-state index contributed by atoms with van der Waals surface area (Å²) in [6, 6.07) is 2.79. The molecular weight excluding hydrogens is 202 g/mol. The molecule has 1 atom stereocenters. The van der Waals surface area contributed by atoms with E-state index in [0.717, 1.165) is 19.5 Å². The van der Waals surface area contributed by atoms with Crippen LogP contribution in [0.2, 0.25) is 0 Å². The Morgan fingerprint density at radius 2 is 2.31 bits per heavy atom. The highest BCUT2D eigenvalue weighted by atomic mass is 16.3. The van der Waals surface area contributed by atoms with Gasteiger partial charge in [-0.2, -0.15) is 5.26 Å². The van der Waals surface area contributed by atoms with E-state index in [-0.39, 0.29) is 6.10 Å². The first kappa shape index (κ1) is 13.4. The zero-order valence-corrected chi connectivity index (χ0v) is 10.2. The Hall–Kier alpha value is -0.630. The highest BCUT2D eigenvalue weighted by Crippen LogP contribution is 2.26. The average molecular weight is 225 g/mol. The van der Waals surface area contributed by atoms with E-state index >= 15 is 0 Å². The zero-order chi connectivity index (χ0) is 11.8. The lowest BCUT2D eigenvalue weighted by Gasteiger charge is -2.24. The van der Waals surface area contributed by atoms with Crippen molar-refractivity contribution in [3.63, 3.8) is 0 Å². The Labute approximate surface area is 98.2 Å². The minimum absolute atomic E-state index is 0.314. The van der Waals surface area contributed by atoms with Crippen molar-refractivity contribution in [2.24, 2.45) is 0 Å². The number of nitriles is 1. The molecule has 92 valence electrons. The molecule has 16 heavy (non-hydrogen) atoms. The molecular formula is C12H23N3O. The van der Waals surface area contributed by atoms with Gasteiger partial charge in [-0.1, -0.05) is 6.92 Å². The van der Waals surface area contributed by atoms with Gasteiger partial charge in [0.2, 0.25) is 0 Å². The highest BCUT2D eigenvalue weighted by Gasteiger charge is 2.29. The fraction of sp³-hybridized carbons (Fsp3) is 0.917. The summed E-state index contributed by atoms with van der Waals surface area (Å²) >= 11 is 0. The molecule has 0 aliphatic heterocycles. The largest absolute Gasteiger partial charge is 0.390 e. The molecule has 4 nitrogen and oxygen atoms in total. The summed E-state index contributed by atoms with van der Waals surface area (Å²) in [6.45, 7) is 5.22. The predicted molar refractivity (Wildman–Crippen MR) is 64.0 cm³/mol. The van der Waals surface area contributed by atoms with Gasteiger partial charge in [0.15, 0.2) is 0 Å². The minimum Gasteiger partial charge on any atom is -0.390 e. The fourth-order valence-electron chi connectivity index (χ4n) is 1.84. The number of hydrogen-bond donors (Lipinski definition) is 2. The average Bonchev–Trinajstić information content (AvgIpc) is 3.08. The lowest BCUT2D eigenvalue weighted by atomic mass is 10.3. The van der Waals surface area contributed by atoms with Crippen molar-refractivity contribution < 1.29 is 5.11 Å². The lowest BCUT2D eigenvalue weighted by Crippen LogP contribution is -2.40. The van der Waals surface area contributed by atoms with E-state index in [1.54, 1.807) is 0 Å². The molecule has 0 amide bonds. The number of hydrogen-bond acceptors (Lipinski definition) is 4. The zero-order valence-electron chi connectivity index (χ0n) is 10.2. The summed E-state index contributed by atoms with van der Waals surface area (Å²) in [5.74, 6) is 0. The Bertz CT molecular complexity index is 223. The van der Waals surface area contributed by atoms with Crippen LogP contribution in [0.1, 0.15) is 32.6 Å². The molecule has 0 spiro atoms. The first-order valence-corrected chi connectivity index (χ1v) is 6.27. The Morgan fingerprint density at radius 3 is 2.88 bits per heavy atom. The Kier molecular flexibility index (Phi) is 6.39. The standard InChI is InChI=1S/C12H23N3O/c1-2-7-14-9-12(16)10-15(8-3-6-13)11-4-5-11/h11-12,14,16H,2-5,7-10H2,1H3. The van der Waals surface area contributed by atoms with Crippen LogP contribution in [-0.2, 0) is 0 Å². The first-order valence-electron chi connectivity index (χ1n) is 6.27. The van der Waals surface area contributed by atoms with Gasteiger partial charge in [-0.15, -0.1) is 0 Å². The smallest absolute Gasteiger partial charge is 0.0791 e. The molecule has 0 heterocycles. The number of nitrogens with one attached hydrogen (secondary N) is 1. The summed E-state index contributed by atoms with van der Waals surface area (Å²) in [6.07, 6.45) is 3.78. The second-order valence-electron chi connectivity index (χ2n) is 4.49. The second-order valence-corrected chi connectivity index (χ2v) is 4.49. The normalized spacial score (nSPS) is 17.4. The van der Waals surface area contributed by atoms with Crippen molar-refractivity contribution in [2.75, 3.05) is 26.2 Å². The van der Waals surface area contributed by atoms with Gasteiger partial charge >= 0.3 is 0 Å². The summed E-state index contributed by atoms with van der Waals surface area (Å²) in [7, 11) is 0. The fourth-order valence-corrected chi connectivity index (χ4v) is 1.84. The van der Waals surface area contributed by atoms with Crippen LogP contribution in [0.25, 0.3) is 0 Å². The molecule has 1 rings (SSSR count). The third-order valence-corrected chi connectivity index (χ3v) is 2.83. The maximum atomic E-state index is 9.84. The summed E-state index contributed by atoms with van der Waals surface area (Å²) < 4.78 is 0. The van der Waals surface area contributed by atoms with E-state index in [9.17, 15) is 5.11 Å². The molecule has 0 aromatic heterocycles. The molecule has 2 N–H and O–H groups in total.